The third kappa shape index (κ3) is 5.56. The van der Waals surface area contributed by atoms with E-state index in [0.29, 0.717) is 17.8 Å². The second-order valence-corrected chi connectivity index (χ2v) is 9.86. The first kappa shape index (κ1) is 24.6. The number of thiazole rings is 1. The highest BCUT2D eigenvalue weighted by Crippen LogP contribution is 2.37. The zero-order valence-corrected chi connectivity index (χ0v) is 19.4. The van der Waals surface area contributed by atoms with Crippen LogP contribution in [0.1, 0.15) is 30.3 Å². The zero-order valence-electron chi connectivity index (χ0n) is 17.8. The molecule has 0 radical (unpaired) electrons. The van der Waals surface area contributed by atoms with Crippen molar-refractivity contribution in [3.63, 3.8) is 0 Å². The summed E-state index contributed by atoms with van der Waals surface area (Å²) in [7, 11) is 0. The predicted molar refractivity (Wildman–Crippen MR) is 119 cm³/mol. The lowest BCUT2D eigenvalue weighted by Crippen LogP contribution is -2.41. The Kier molecular flexibility index (Phi) is 7.20. The summed E-state index contributed by atoms with van der Waals surface area (Å²) in [6.45, 7) is 1.84. The van der Waals surface area contributed by atoms with E-state index < -0.39 is 23.0 Å². The zero-order chi connectivity index (χ0) is 24.5. The van der Waals surface area contributed by atoms with Gasteiger partial charge in [-0.2, -0.15) is 13.2 Å². The van der Waals surface area contributed by atoms with Gasteiger partial charge in [0.25, 0.3) is 0 Å². The van der Waals surface area contributed by atoms with E-state index in [1.807, 2.05) is 11.2 Å². The van der Waals surface area contributed by atoms with Gasteiger partial charge in [-0.1, -0.05) is 0 Å². The molecular weight excluding hydrogens is 495 g/mol. The van der Waals surface area contributed by atoms with Crippen LogP contribution in [-0.4, -0.2) is 32.3 Å². The number of alkyl halides is 3. The molecule has 2 aromatic heterocycles. The molecule has 12 heteroatoms. The number of hydrogen-bond donors (Lipinski definition) is 1. The van der Waals surface area contributed by atoms with E-state index in [1.54, 1.807) is 12.1 Å². The fraction of sp³-hybridized carbons (Fsp3) is 0.318. The number of halogens is 5. The van der Waals surface area contributed by atoms with Crippen LogP contribution in [-0.2, 0) is 17.5 Å². The summed E-state index contributed by atoms with van der Waals surface area (Å²) in [5.41, 5.74) is 0.241. The van der Waals surface area contributed by atoms with Crippen molar-refractivity contribution >= 4 is 29.2 Å². The number of benzene rings is 1. The van der Waals surface area contributed by atoms with Crippen molar-refractivity contribution in [3.8, 4) is 10.6 Å². The van der Waals surface area contributed by atoms with E-state index >= 15 is 0 Å². The van der Waals surface area contributed by atoms with Crippen molar-refractivity contribution in [2.45, 2.75) is 49.5 Å². The largest absolute Gasteiger partial charge is 0.443 e. The normalized spacial score (nSPS) is 18.9. The van der Waals surface area contributed by atoms with Crippen LogP contribution in [0.15, 0.2) is 47.6 Å². The predicted octanol–water partition coefficient (Wildman–Crippen LogP) is 5.68. The van der Waals surface area contributed by atoms with Gasteiger partial charge in [-0.15, -0.1) is 11.3 Å². The molecule has 0 aliphatic carbocycles. The number of pyridine rings is 1. The molecule has 0 saturated carbocycles. The minimum Gasteiger partial charge on any atom is -0.351 e. The Labute approximate surface area is 200 Å². The Hall–Kier alpha value is -2.57. The fourth-order valence-electron chi connectivity index (χ4n) is 3.55. The highest BCUT2D eigenvalue weighted by molar-refractivity contribution is 7.97. The SMILES string of the molecule is CC1CCC(C(=O)NCc2cc(-c3cnc(C(F)(F)F)s3)ncc2F)N1Sc1ccc(F)cc1. The van der Waals surface area contributed by atoms with Gasteiger partial charge in [-0.25, -0.2) is 18.1 Å². The number of nitrogens with zero attached hydrogens (tertiary/aromatic N) is 3. The summed E-state index contributed by atoms with van der Waals surface area (Å²) in [4.78, 5) is 21.1. The third-order valence-electron chi connectivity index (χ3n) is 5.32. The lowest BCUT2D eigenvalue weighted by molar-refractivity contribution is -0.137. The highest BCUT2D eigenvalue weighted by Gasteiger charge is 2.37. The lowest BCUT2D eigenvalue weighted by Gasteiger charge is -2.26. The van der Waals surface area contributed by atoms with Crippen molar-refractivity contribution < 1.29 is 26.7 Å². The van der Waals surface area contributed by atoms with Crippen molar-refractivity contribution in [2.24, 2.45) is 0 Å². The Balaban J connectivity index is 1.44. The summed E-state index contributed by atoms with van der Waals surface area (Å²) in [5.74, 6) is -1.32. The molecule has 1 aliphatic rings. The summed E-state index contributed by atoms with van der Waals surface area (Å²) < 4.78 is 67.9. The van der Waals surface area contributed by atoms with Crippen LogP contribution in [0.3, 0.4) is 0 Å². The Morgan fingerprint density at radius 2 is 1.91 bits per heavy atom. The molecule has 1 N–H and O–H groups in total. The van der Waals surface area contributed by atoms with Crippen molar-refractivity contribution in [2.75, 3.05) is 0 Å². The standard InChI is InChI=1S/C22H19F5N4OS2/c1-12-2-7-18(31(12)34-15-5-3-14(23)4-6-15)20(32)29-9-13-8-17(28-10-16(13)24)19-11-30-21(33-19)22(25,26)27/h3-6,8,10-12,18H,2,7,9H2,1H3,(H,29,32). The molecule has 2 unspecified atom stereocenters. The van der Waals surface area contributed by atoms with Crippen molar-refractivity contribution in [1.29, 1.82) is 0 Å². The van der Waals surface area contributed by atoms with Crippen LogP contribution in [0.5, 0.6) is 0 Å². The number of aromatic nitrogens is 2. The van der Waals surface area contributed by atoms with Gasteiger partial charge < -0.3 is 5.32 Å². The molecule has 180 valence electrons. The number of carbonyl (C=O) groups excluding carboxylic acids is 1. The molecule has 4 rings (SSSR count). The first-order chi connectivity index (χ1) is 16.1. The van der Waals surface area contributed by atoms with E-state index in [-0.39, 0.29) is 40.4 Å². The molecule has 0 spiro atoms. The van der Waals surface area contributed by atoms with E-state index in [9.17, 15) is 26.7 Å². The Bertz CT molecular complexity index is 1170. The summed E-state index contributed by atoms with van der Waals surface area (Å²) >= 11 is 1.77. The van der Waals surface area contributed by atoms with Gasteiger partial charge in [0.15, 0.2) is 5.01 Å². The molecule has 1 aliphatic heterocycles. The number of hydrogen-bond acceptors (Lipinski definition) is 6. The first-order valence-electron chi connectivity index (χ1n) is 10.3. The highest BCUT2D eigenvalue weighted by atomic mass is 32.2. The van der Waals surface area contributed by atoms with Crippen LogP contribution < -0.4 is 5.32 Å². The Morgan fingerprint density at radius 1 is 1.18 bits per heavy atom. The van der Waals surface area contributed by atoms with Crippen LogP contribution in [0, 0.1) is 11.6 Å². The molecule has 1 amide bonds. The quantitative estimate of drug-likeness (QED) is 0.339. The van der Waals surface area contributed by atoms with Crippen LogP contribution in [0.4, 0.5) is 22.0 Å². The molecule has 3 heterocycles. The molecule has 34 heavy (non-hydrogen) atoms. The second kappa shape index (κ2) is 9.96. The topological polar surface area (TPSA) is 58.1 Å². The molecule has 5 nitrogen and oxygen atoms in total. The van der Waals surface area contributed by atoms with Crippen molar-refractivity contribution in [1.82, 2.24) is 19.6 Å². The van der Waals surface area contributed by atoms with Crippen molar-refractivity contribution in [3.05, 3.63) is 64.9 Å². The van der Waals surface area contributed by atoms with Gasteiger partial charge >= 0.3 is 6.18 Å². The van der Waals surface area contributed by atoms with E-state index in [0.717, 1.165) is 23.7 Å². The number of carbonyl (C=O) groups is 1. The summed E-state index contributed by atoms with van der Waals surface area (Å²) in [6, 6.07) is 6.92. The monoisotopic (exact) mass is 514 g/mol. The van der Waals surface area contributed by atoms with E-state index in [2.05, 4.69) is 15.3 Å². The summed E-state index contributed by atoms with van der Waals surface area (Å²) in [6.07, 6.45) is -1.23. The van der Waals surface area contributed by atoms with Crippen LogP contribution in [0.2, 0.25) is 0 Å². The molecule has 2 atom stereocenters. The minimum atomic E-state index is -4.57. The molecule has 1 aromatic carbocycles. The van der Waals surface area contributed by atoms with Gasteiger partial charge in [-0.3, -0.25) is 9.78 Å². The number of rotatable bonds is 6. The van der Waals surface area contributed by atoms with Gasteiger partial charge in [0.05, 0.1) is 22.8 Å². The van der Waals surface area contributed by atoms with Gasteiger partial charge in [0.2, 0.25) is 5.91 Å². The molecule has 0 bridgehead atoms. The number of amides is 1. The minimum absolute atomic E-state index is 0.101. The number of nitrogens with one attached hydrogen (secondary N) is 1. The molecule has 3 aromatic rings. The van der Waals surface area contributed by atoms with E-state index in [1.165, 1.54) is 30.1 Å². The molecule has 1 fully saturated rings. The maximum Gasteiger partial charge on any atom is 0.443 e. The average Bonchev–Trinajstić information content (AvgIpc) is 3.42. The summed E-state index contributed by atoms with van der Waals surface area (Å²) in [5, 5.41) is 1.71. The molecule has 1 saturated heterocycles. The smallest absolute Gasteiger partial charge is 0.351 e. The average molecular weight is 515 g/mol. The maximum absolute atomic E-state index is 14.3. The second-order valence-electron chi connectivity index (χ2n) is 7.75. The molecular formula is C22H19F5N4OS2. The fourth-order valence-corrected chi connectivity index (χ4v) is 5.42. The van der Waals surface area contributed by atoms with Gasteiger partial charge in [0.1, 0.15) is 11.6 Å². The Morgan fingerprint density at radius 3 is 2.59 bits per heavy atom. The maximum atomic E-state index is 14.3. The van der Waals surface area contributed by atoms with Crippen LogP contribution in [0.25, 0.3) is 10.6 Å². The van der Waals surface area contributed by atoms with Gasteiger partial charge in [0, 0.05) is 29.2 Å². The third-order valence-corrected chi connectivity index (χ3v) is 7.69. The lowest BCUT2D eigenvalue weighted by atomic mass is 10.1. The van der Waals surface area contributed by atoms with Gasteiger partial charge in [-0.05, 0) is 62.0 Å². The van der Waals surface area contributed by atoms with Crippen LogP contribution >= 0.6 is 23.3 Å². The van der Waals surface area contributed by atoms with E-state index in [4.69, 9.17) is 0 Å². The first-order valence-corrected chi connectivity index (χ1v) is 11.9.